The number of carbonyl (C=O) groups is 1. The summed E-state index contributed by atoms with van der Waals surface area (Å²) in [5, 5.41) is 5.87. The summed E-state index contributed by atoms with van der Waals surface area (Å²) in [6.07, 6.45) is 2.33. The van der Waals surface area contributed by atoms with Crippen molar-refractivity contribution in [2.24, 2.45) is 0 Å². The van der Waals surface area contributed by atoms with Crippen molar-refractivity contribution in [3.05, 3.63) is 18.3 Å². The molecule has 0 saturated carbocycles. The molecule has 0 aromatic carbocycles. The van der Waals surface area contributed by atoms with Crippen LogP contribution in [0.3, 0.4) is 0 Å². The summed E-state index contributed by atoms with van der Waals surface area (Å²) in [7, 11) is 1.85. The lowest BCUT2D eigenvalue weighted by molar-refractivity contribution is -0.120. The van der Waals surface area contributed by atoms with Crippen molar-refractivity contribution < 1.29 is 4.79 Å². The van der Waals surface area contributed by atoms with E-state index in [4.69, 9.17) is 0 Å². The van der Waals surface area contributed by atoms with Gasteiger partial charge in [-0.3, -0.25) is 4.79 Å². The standard InChI is InChI=1S/C11H16N4O/c1-12-10-8-9(2-4-13-10)15-6-3-11(16)14-5-7-15/h2,4,8H,3,5-7H2,1H3,(H,12,13)(H,14,16). The number of nitrogens with one attached hydrogen (secondary N) is 2. The number of carbonyl (C=O) groups excluding carboxylic acids is 1. The molecule has 1 fully saturated rings. The van der Waals surface area contributed by atoms with Gasteiger partial charge in [-0.2, -0.15) is 0 Å². The normalized spacial score (nSPS) is 16.6. The van der Waals surface area contributed by atoms with Gasteiger partial charge in [-0.25, -0.2) is 4.98 Å². The Balaban J connectivity index is 2.13. The van der Waals surface area contributed by atoms with Crippen molar-refractivity contribution in [3.8, 4) is 0 Å². The zero-order valence-corrected chi connectivity index (χ0v) is 9.36. The lowest BCUT2D eigenvalue weighted by Crippen LogP contribution is -2.28. The number of pyridine rings is 1. The van der Waals surface area contributed by atoms with E-state index in [2.05, 4.69) is 20.5 Å². The van der Waals surface area contributed by atoms with Crippen LogP contribution in [0, 0.1) is 0 Å². The highest BCUT2D eigenvalue weighted by molar-refractivity contribution is 5.77. The zero-order valence-electron chi connectivity index (χ0n) is 9.36. The van der Waals surface area contributed by atoms with Gasteiger partial charge in [0.1, 0.15) is 5.82 Å². The molecular formula is C11H16N4O. The fourth-order valence-electron chi connectivity index (χ4n) is 1.78. The average Bonchev–Trinajstić information content (AvgIpc) is 2.54. The molecule has 16 heavy (non-hydrogen) atoms. The second kappa shape index (κ2) is 4.83. The van der Waals surface area contributed by atoms with Crippen LogP contribution in [0.1, 0.15) is 6.42 Å². The van der Waals surface area contributed by atoms with Crippen LogP contribution in [0.5, 0.6) is 0 Å². The second-order valence-corrected chi connectivity index (χ2v) is 3.74. The number of aromatic nitrogens is 1. The highest BCUT2D eigenvalue weighted by Crippen LogP contribution is 2.17. The molecule has 0 atom stereocenters. The third-order valence-corrected chi connectivity index (χ3v) is 2.68. The molecule has 2 rings (SSSR count). The Labute approximate surface area is 94.9 Å². The van der Waals surface area contributed by atoms with Gasteiger partial charge in [0.15, 0.2) is 0 Å². The first-order valence-electron chi connectivity index (χ1n) is 5.45. The highest BCUT2D eigenvalue weighted by Gasteiger charge is 2.13. The molecule has 0 bridgehead atoms. The summed E-state index contributed by atoms with van der Waals surface area (Å²) in [5.74, 6) is 0.978. The van der Waals surface area contributed by atoms with E-state index >= 15 is 0 Å². The minimum atomic E-state index is 0.130. The molecule has 1 aliphatic heterocycles. The Morgan fingerprint density at radius 1 is 1.50 bits per heavy atom. The van der Waals surface area contributed by atoms with Crippen LogP contribution in [0.25, 0.3) is 0 Å². The summed E-state index contributed by atoms with van der Waals surface area (Å²) in [6.45, 7) is 2.31. The molecule has 1 aromatic rings. The van der Waals surface area contributed by atoms with E-state index in [0.29, 0.717) is 13.0 Å². The highest BCUT2D eigenvalue weighted by atomic mass is 16.1. The third-order valence-electron chi connectivity index (χ3n) is 2.68. The summed E-state index contributed by atoms with van der Waals surface area (Å²) < 4.78 is 0. The maximum absolute atomic E-state index is 11.2. The van der Waals surface area contributed by atoms with Crippen LogP contribution >= 0.6 is 0 Å². The molecule has 2 N–H and O–H groups in total. The Morgan fingerprint density at radius 2 is 2.38 bits per heavy atom. The fraction of sp³-hybridized carbons (Fsp3) is 0.455. The van der Waals surface area contributed by atoms with Crippen molar-refractivity contribution >= 4 is 17.4 Å². The average molecular weight is 220 g/mol. The molecule has 1 aromatic heterocycles. The van der Waals surface area contributed by atoms with E-state index in [1.54, 1.807) is 6.20 Å². The quantitative estimate of drug-likeness (QED) is 0.759. The number of anilines is 2. The van der Waals surface area contributed by atoms with Crippen molar-refractivity contribution in [3.63, 3.8) is 0 Å². The molecule has 0 unspecified atom stereocenters. The van der Waals surface area contributed by atoms with E-state index < -0.39 is 0 Å². The molecule has 0 aliphatic carbocycles. The minimum absolute atomic E-state index is 0.130. The van der Waals surface area contributed by atoms with Gasteiger partial charge in [0.25, 0.3) is 0 Å². The van der Waals surface area contributed by atoms with E-state index in [0.717, 1.165) is 24.6 Å². The van der Waals surface area contributed by atoms with Crippen LogP contribution in [0.2, 0.25) is 0 Å². The number of hydrogen-bond donors (Lipinski definition) is 2. The molecule has 1 saturated heterocycles. The van der Waals surface area contributed by atoms with Crippen molar-refractivity contribution in [2.75, 3.05) is 36.9 Å². The number of amides is 1. The Morgan fingerprint density at radius 3 is 3.19 bits per heavy atom. The van der Waals surface area contributed by atoms with Crippen LogP contribution in [0.15, 0.2) is 18.3 Å². The number of nitrogens with zero attached hydrogens (tertiary/aromatic N) is 2. The maximum Gasteiger partial charge on any atom is 0.221 e. The molecule has 0 radical (unpaired) electrons. The van der Waals surface area contributed by atoms with Gasteiger partial charge < -0.3 is 15.5 Å². The fourth-order valence-corrected chi connectivity index (χ4v) is 1.78. The predicted molar refractivity (Wildman–Crippen MR) is 63.6 cm³/mol. The van der Waals surface area contributed by atoms with Crippen LogP contribution in [-0.2, 0) is 4.79 Å². The van der Waals surface area contributed by atoms with E-state index in [1.807, 2.05) is 19.2 Å². The molecule has 1 amide bonds. The second-order valence-electron chi connectivity index (χ2n) is 3.74. The Bertz CT molecular complexity index is 380. The van der Waals surface area contributed by atoms with Gasteiger partial charge in [0.2, 0.25) is 5.91 Å². The van der Waals surface area contributed by atoms with E-state index in [9.17, 15) is 4.79 Å². The lowest BCUT2D eigenvalue weighted by atomic mass is 10.3. The van der Waals surface area contributed by atoms with Crippen molar-refractivity contribution in [1.82, 2.24) is 10.3 Å². The SMILES string of the molecule is CNc1cc(N2CCNC(=O)CC2)ccn1. The van der Waals surface area contributed by atoms with Gasteiger partial charge in [-0.15, -0.1) is 0 Å². The minimum Gasteiger partial charge on any atom is -0.373 e. The predicted octanol–water partition coefficient (Wildman–Crippen LogP) is 0.450. The van der Waals surface area contributed by atoms with Crippen LogP contribution in [0.4, 0.5) is 11.5 Å². The third kappa shape index (κ3) is 2.42. The van der Waals surface area contributed by atoms with Gasteiger partial charge in [-0.1, -0.05) is 0 Å². The smallest absolute Gasteiger partial charge is 0.221 e. The summed E-state index contributed by atoms with van der Waals surface area (Å²) in [6, 6.07) is 3.96. The summed E-state index contributed by atoms with van der Waals surface area (Å²) >= 11 is 0. The largest absolute Gasteiger partial charge is 0.373 e. The lowest BCUT2D eigenvalue weighted by Gasteiger charge is -2.22. The molecular weight excluding hydrogens is 204 g/mol. The molecule has 86 valence electrons. The first-order chi connectivity index (χ1) is 7.79. The topological polar surface area (TPSA) is 57.3 Å². The first kappa shape index (κ1) is 10.7. The van der Waals surface area contributed by atoms with Gasteiger partial charge in [0, 0.05) is 51.1 Å². The first-order valence-corrected chi connectivity index (χ1v) is 5.45. The van der Waals surface area contributed by atoms with Crippen LogP contribution < -0.4 is 15.5 Å². The summed E-state index contributed by atoms with van der Waals surface area (Å²) in [4.78, 5) is 17.6. The molecule has 5 heteroatoms. The molecule has 1 aliphatic rings. The number of hydrogen-bond acceptors (Lipinski definition) is 4. The van der Waals surface area contributed by atoms with Gasteiger partial charge in [0.05, 0.1) is 0 Å². The summed E-state index contributed by atoms with van der Waals surface area (Å²) in [5.41, 5.74) is 1.11. The van der Waals surface area contributed by atoms with Gasteiger partial charge in [-0.05, 0) is 6.07 Å². The van der Waals surface area contributed by atoms with E-state index in [1.165, 1.54) is 0 Å². The monoisotopic (exact) mass is 220 g/mol. The number of rotatable bonds is 2. The van der Waals surface area contributed by atoms with Crippen molar-refractivity contribution in [1.29, 1.82) is 0 Å². The van der Waals surface area contributed by atoms with Crippen LogP contribution in [-0.4, -0.2) is 37.6 Å². The Kier molecular flexibility index (Phi) is 3.24. The Hall–Kier alpha value is -1.78. The van der Waals surface area contributed by atoms with Gasteiger partial charge >= 0.3 is 0 Å². The van der Waals surface area contributed by atoms with E-state index in [-0.39, 0.29) is 5.91 Å². The maximum atomic E-state index is 11.2. The zero-order chi connectivity index (χ0) is 11.4. The molecule has 2 heterocycles. The molecule has 5 nitrogen and oxygen atoms in total. The van der Waals surface area contributed by atoms with Crippen molar-refractivity contribution in [2.45, 2.75) is 6.42 Å². The molecule has 0 spiro atoms.